The van der Waals surface area contributed by atoms with Gasteiger partial charge in [-0.2, -0.15) is 0 Å². The number of nitrogens with one attached hydrogen (secondary N) is 2. The number of rotatable bonds is 2. The summed E-state index contributed by atoms with van der Waals surface area (Å²) in [5.74, 6) is -0.259. The van der Waals surface area contributed by atoms with Gasteiger partial charge >= 0.3 is 0 Å². The molecule has 5 heteroatoms. The average molecular weight is 347 g/mol. The molecule has 0 aliphatic rings. The van der Waals surface area contributed by atoms with Crippen molar-refractivity contribution in [3.63, 3.8) is 0 Å². The summed E-state index contributed by atoms with van der Waals surface area (Å²) < 4.78 is 0. The Labute approximate surface area is 147 Å². The molecule has 0 bridgehead atoms. The van der Waals surface area contributed by atoms with Gasteiger partial charge < -0.3 is 5.32 Å². The molecule has 0 heterocycles. The molecule has 3 nitrogen and oxygen atoms in total. The highest BCUT2D eigenvalue weighted by Gasteiger charge is 2.15. The van der Waals surface area contributed by atoms with Gasteiger partial charge in [0, 0.05) is 5.56 Å². The highest BCUT2D eigenvalue weighted by Crippen LogP contribution is 2.29. The van der Waals surface area contributed by atoms with E-state index < -0.39 is 0 Å². The third kappa shape index (κ3) is 4.78. The number of halogens is 1. The molecule has 0 spiro atoms. The molecular weight excluding hydrogens is 328 g/mol. The Morgan fingerprint density at radius 3 is 2.30 bits per heavy atom. The van der Waals surface area contributed by atoms with Crippen LogP contribution in [0.4, 0.5) is 5.69 Å². The van der Waals surface area contributed by atoms with Crippen LogP contribution in [0.3, 0.4) is 0 Å². The first-order chi connectivity index (χ1) is 10.8. The molecule has 0 radical (unpaired) electrons. The van der Waals surface area contributed by atoms with E-state index in [1.165, 1.54) is 0 Å². The fourth-order valence-electron chi connectivity index (χ4n) is 2.00. The van der Waals surface area contributed by atoms with E-state index in [0.29, 0.717) is 16.3 Å². The zero-order valence-corrected chi connectivity index (χ0v) is 14.9. The molecule has 120 valence electrons. The van der Waals surface area contributed by atoms with Crippen LogP contribution in [0.1, 0.15) is 36.7 Å². The van der Waals surface area contributed by atoms with E-state index in [1.807, 2.05) is 24.3 Å². The summed E-state index contributed by atoms with van der Waals surface area (Å²) in [5, 5.41) is 6.37. The predicted molar refractivity (Wildman–Crippen MR) is 100 cm³/mol. The van der Waals surface area contributed by atoms with Gasteiger partial charge in [0.25, 0.3) is 5.91 Å². The van der Waals surface area contributed by atoms with Gasteiger partial charge in [-0.05, 0) is 47.5 Å². The van der Waals surface area contributed by atoms with Crippen molar-refractivity contribution in [2.45, 2.75) is 26.2 Å². The van der Waals surface area contributed by atoms with Crippen molar-refractivity contribution < 1.29 is 4.79 Å². The van der Waals surface area contributed by atoms with Crippen molar-refractivity contribution in [2.24, 2.45) is 0 Å². The number of carbonyl (C=O) groups excluding carboxylic acids is 1. The molecule has 0 saturated heterocycles. The second-order valence-corrected chi connectivity index (χ2v) is 7.03. The van der Waals surface area contributed by atoms with Crippen LogP contribution in [0.5, 0.6) is 0 Å². The molecule has 0 saturated carbocycles. The third-order valence-electron chi connectivity index (χ3n) is 3.35. The van der Waals surface area contributed by atoms with E-state index in [1.54, 1.807) is 24.3 Å². The number of carbonyl (C=O) groups is 1. The van der Waals surface area contributed by atoms with E-state index in [9.17, 15) is 4.79 Å². The number of amides is 1. The fraction of sp³-hybridized carbons (Fsp3) is 0.222. The first-order valence-electron chi connectivity index (χ1n) is 7.25. The zero-order valence-electron chi connectivity index (χ0n) is 13.3. The minimum atomic E-state index is -0.259. The summed E-state index contributed by atoms with van der Waals surface area (Å²) in [4.78, 5) is 12.0. The molecule has 0 fully saturated rings. The van der Waals surface area contributed by atoms with E-state index >= 15 is 0 Å². The number of hydrogen-bond donors (Lipinski definition) is 2. The lowest BCUT2D eigenvalue weighted by atomic mass is 9.87. The average Bonchev–Trinajstić information content (AvgIpc) is 2.49. The molecule has 2 aromatic carbocycles. The van der Waals surface area contributed by atoms with Crippen molar-refractivity contribution in [3.8, 4) is 0 Å². The first-order valence-corrected chi connectivity index (χ1v) is 8.03. The molecule has 2 N–H and O–H groups in total. The lowest BCUT2D eigenvalue weighted by Crippen LogP contribution is -2.34. The van der Waals surface area contributed by atoms with Crippen molar-refractivity contribution >= 4 is 40.5 Å². The second-order valence-electron chi connectivity index (χ2n) is 6.22. The van der Waals surface area contributed by atoms with E-state index in [2.05, 4.69) is 31.4 Å². The second kappa shape index (κ2) is 7.11. The van der Waals surface area contributed by atoms with Crippen LogP contribution < -0.4 is 10.6 Å². The van der Waals surface area contributed by atoms with Crippen LogP contribution in [0, 0.1) is 0 Å². The Hall–Kier alpha value is -1.91. The van der Waals surface area contributed by atoms with Crippen molar-refractivity contribution in [2.75, 3.05) is 5.32 Å². The van der Waals surface area contributed by atoms with E-state index in [-0.39, 0.29) is 16.4 Å². The highest BCUT2D eigenvalue weighted by molar-refractivity contribution is 7.80. The molecular formula is C18H19ClN2OS. The van der Waals surface area contributed by atoms with Gasteiger partial charge in [-0.15, -0.1) is 0 Å². The lowest BCUT2D eigenvalue weighted by molar-refractivity contribution is 0.0977. The van der Waals surface area contributed by atoms with Crippen molar-refractivity contribution in [3.05, 3.63) is 64.7 Å². The Morgan fingerprint density at radius 1 is 1.09 bits per heavy atom. The smallest absolute Gasteiger partial charge is 0.257 e. The summed E-state index contributed by atoms with van der Waals surface area (Å²) in [6.07, 6.45) is 0. The maximum atomic E-state index is 12.0. The van der Waals surface area contributed by atoms with Crippen LogP contribution in [0.2, 0.25) is 5.02 Å². The van der Waals surface area contributed by atoms with Gasteiger partial charge in [-0.3, -0.25) is 10.1 Å². The Balaban J connectivity index is 2.05. The number of thiocarbonyl (C=S) groups is 1. The van der Waals surface area contributed by atoms with Gasteiger partial charge in [-0.25, -0.2) is 0 Å². The molecule has 0 aromatic heterocycles. The van der Waals surface area contributed by atoms with Crippen LogP contribution in [-0.2, 0) is 5.41 Å². The monoisotopic (exact) mass is 346 g/mol. The van der Waals surface area contributed by atoms with Crippen LogP contribution in [-0.4, -0.2) is 11.0 Å². The molecule has 0 unspecified atom stereocenters. The van der Waals surface area contributed by atoms with Gasteiger partial charge in [0.1, 0.15) is 0 Å². The van der Waals surface area contributed by atoms with Gasteiger partial charge in [0.05, 0.1) is 10.7 Å². The summed E-state index contributed by atoms with van der Waals surface area (Å²) in [5.41, 5.74) is 2.36. The van der Waals surface area contributed by atoms with Crippen LogP contribution in [0.25, 0.3) is 0 Å². The highest BCUT2D eigenvalue weighted by atomic mass is 35.5. The van der Waals surface area contributed by atoms with Gasteiger partial charge in [0.2, 0.25) is 0 Å². The normalized spacial score (nSPS) is 11.0. The Kier molecular flexibility index (Phi) is 5.39. The molecule has 2 aromatic rings. The van der Waals surface area contributed by atoms with E-state index in [4.69, 9.17) is 23.8 Å². The molecule has 2 rings (SSSR count). The summed E-state index contributed by atoms with van der Waals surface area (Å²) >= 11 is 11.5. The fourth-order valence-corrected chi connectivity index (χ4v) is 2.43. The van der Waals surface area contributed by atoms with Crippen LogP contribution in [0.15, 0.2) is 48.5 Å². The lowest BCUT2D eigenvalue weighted by Gasteiger charge is -2.20. The number of anilines is 1. The third-order valence-corrected chi connectivity index (χ3v) is 3.86. The predicted octanol–water partition coefficient (Wildman–Crippen LogP) is 4.76. The summed E-state index contributed by atoms with van der Waals surface area (Å²) in [6.45, 7) is 6.36. The molecule has 23 heavy (non-hydrogen) atoms. The van der Waals surface area contributed by atoms with E-state index in [0.717, 1.165) is 5.56 Å². The standard InChI is InChI=1S/C18H19ClN2OS/c1-18(2,3)13-9-10-15(14(19)11-13)20-17(23)21-16(22)12-7-5-4-6-8-12/h4-11H,1-3H3,(H2,20,21,22,23). The molecule has 0 aliphatic carbocycles. The minimum Gasteiger partial charge on any atom is -0.331 e. The Bertz CT molecular complexity index is 724. The van der Waals surface area contributed by atoms with Crippen molar-refractivity contribution in [1.29, 1.82) is 0 Å². The maximum Gasteiger partial charge on any atom is 0.257 e. The SMILES string of the molecule is CC(C)(C)c1ccc(NC(=S)NC(=O)c2ccccc2)c(Cl)c1. The Morgan fingerprint density at radius 2 is 1.74 bits per heavy atom. The molecule has 0 aliphatic heterocycles. The summed E-state index contributed by atoms with van der Waals surface area (Å²) in [6, 6.07) is 14.7. The quantitative estimate of drug-likeness (QED) is 0.770. The summed E-state index contributed by atoms with van der Waals surface area (Å²) in [7, 11) is 0. The first kappa shape index (κ1) is 17.4. The van der Waals surface area contributed by atoms with Gasteiger partial charge in [0.15, 0.2) is 5.11 Å². The largest absolute Gasteiger partial charge is 0.331 e. The van der Waals surface area contributed by atoms with Gasteiger partial charge in [-0.1, -0.05) is 56.6 Å². The molecule has 0 atom stereocenters. The number of benzene rings is 2. The zero-order chi connectivity index (χ0) is 17.0. The molecule has 1 amide bonds. The maximum absolute atomic E-state index is 12.0. The minimum absolute atomic E-state index is 0.0181. The number of hydrogen-bond acceptors (Lipinski definition) is 2. The van der Waals surface area contributed by atoms with Crippen molar-refractivity contribution in [1.82, 2.24) is 5.32 Å². The van der Waals surface area contributed by atoms with Crippen LogP contribution >= 0.6 is 23.8 Å². The topological polar surface area (TPSA) is 41.1 Å².